The van der Waals surface area contributed by atoms with Gasteiger partial charge in [0.15, 0.2) is 0 Å². The third-order valence-electron chi connectivity index (χ3n) is 5.78. The van der Waals surface area contributed by atoms with E-state index in [4.69, 9.17) is 5.11 Å². The van der Waals surface area contributed by atoms with E-state index in [1.807, 2.05) is 13.8 Å². The van der Waals surface area contributed by atoms with E-state index in [0.29, 0.717) is 5.41 Å². The number of carboxylic acids is 1. The van der Waals surface area contributed by atoms with Crippen molar-refractivity contribution in [3.8, 4) is 0 Å². The monoisotopic (exact) mass is 265 g/mol. The summed E-state index contributed by atoms with van der Waals surface area (Å²) in [6.07, 6.45) is 6.35. The van der Waals surface area contributed by atoms with Crippen molar-refractivity contribution in [1.82, 2.24) is 5.32 Å². The van der Waals surface area contributed by atoms with Crippen LogP contribution in [0.3, 0.4) is 0 Å². The zero-order chi connectivity index (χ0) is 13.8. The van der Waals surface area contributed by atoms with Gasteiger partial charge in [-0.1, -0.05) is 20.3 Å². The van der Waals surface area contributed by atoms with Gasteiger partial charge in [0.05, 0.1) is 11.8 Å². The number of amides is 1. The van der Waals surface area contributed by atoms with Gasteiger partial charge < -0.3 is 10.4 Å². The molecule has 3 aliphatic carbocycles. The van der Waals surface area contributed by atoms with Crippen LogP contribution in [0.15, 0.2) is 0 Å². The Balaban J connectivity index is 1.56. The van der Waals surface area contributed by atoms with E-state index >= 15 is 0 Å². The largest absolute Gasteiger partial charge is 0.481 e. The van der Waals surface area contributed by atoms with Gasteiger partial charge in [0.2, 0.25) is 5.91 Å². The molecule has 0 saturated heterocycles. The van der Waals surface area contributed by atoms with Crippen LogP contribution in [0.2, 0.25) is 0 Å². The molecule has 3 saturated carbocycles. The third kappa shape index (κ3) is 1.96. The molecule has 2 N–H and O–H groups in total. The van der Waals surface area contributed by atoms with Gasteiger partial charge in [0.1, 0.15) is 0 Å². The van der Waals surface area contributed by atoms with E-state index < -0.39 is 11.9 Å². The summed E-state index contributed by atoms with van der Waals surface area (Å²) in [6, 6.07) is 0. The van der Waals surface area contributed by atoms with Gasteiger partial charge in [-0.2, -0.15) is 0 Å². The van der Waals surface area contributed by atoms with Crippen LogP contribution in [-0.2, 0) is 9.59 Å². The molecule has 0 aromatic carbocycles. The topological polar surface area (TPSA) is 66.4 Å². The second-order valence-electron chi connectivity index (χ2n) is 7.32. The van der Waals surface area contributed by atoms with Crippen LogP contribution in [0.1, 0.15) is 46.0 Å². The molecule has 3 rings (SSSR count). The normalized spacial score (nSPS) is 34.2. The number of hydrogen-bond donors (Lipinski definition) is 2. The van der Waals surface area contributed by atoms with Crippen molar-refractivity contribution >= 4 is 11.9 Å². The fourth-order valence-corrected chi connectivity index (χ4v) is 4.02. The minimum absolute atomic E-state index is 0.0516. The maximum atomic E-state index is 12.2. The van der Waals surface area contributed by atoms with E-state index in [1.165, 1.54) is 32.1 Å². The van der Waals surface area contributed by atoms with E-state index in [9.17, 15) is 9.59 Å². The lowest BCUT2D eigenvalue weighted by molar-refractivity contribution is -0.140. The third-order valence-corrected chi connectivity index (χ3v) is 5.78. The van der Waals surface area contributed by atoms with Gasteiger partial charge in [0, 0.05) is 6.54 Å². The first kappa shape index (κ1) is 12.9. The molecule has 0 heterocycles. The van der Waals surface area contributed by atoms with Crippen molar-refractivity contribution in [3.05, 3.63) is 0 Å². The summed E-state index contributed by atoms with van der Waals surface area (Å²) < 4.78 is 0. The molecule has 4 nitrogen and oxygen atoms in total. The van der Waals surface area contributed by atoms with Crippen LogP contribution < -0.4 is 5.32 Å². The number of carbonyl (C=O) groups excluding carboxylic acids is 1. The Morgan fingerprint density at radius 2 is 1.84 bits per heavy atom. The summed E-state index contributed by atoms with van der Waals surface area (Å²) >= 11 is 0. The Morgan fingerprint density at radius 1 is 1.21 bits per heavy atom. The first-order chi connectivity index (χ1) is 8.88. The molecule has 0 radical (unpaired) electrons. The molecule has 3 aliphatic rings. The van der Waals surface area contributed by atoms with Gasteiger partial charge in [-0.25, -0.2) is 0 Å². The lowest BCUT2D eigenvalue weighted by atomic mass is 9.65. The summed E-state index contributed by atoms with van der Waals surface area (Å²) in [6.45, 7) is 4.50. The molecule has 1 amide bonds. The van der Waals surface area contributed by atoms with Crippen molar-refractivity contribution in [2.75, 3.05) is 6.54 Å². The fraction of sp³-hybridized carbons (Fsp3) is 0.867. The van der Waals surface area contributed by atoms with Gasteiger partial charge >= 0.3 is 5.97 Å². The Hall–Kier alpha value is -1.06. The molecule has 0 spiro atoms. The number of nitrogens with one attached hydrogen (secondary N) is 1. The highest BCUT2D eigenvalue weighted by Gasteiger charge is 2.66. The Kier molecular flexibility index (Phi) is 2.70. The smallest absolute Gasteiger partial charge is 0.307 e. The van der Waals surface area contributed by atoms with Gasteiger partial charge in [-0.05, 0) is 42.4 Å². The maximum absolute atomic E-state index is 12.2. The average Bonchev–Trinajstić information content (AvgIpc) is 3.12. The van der Waals surface area contributed by atoms with E-state index in [2.05, 4.69) is 5.32 Å². The fourth-order valence-electron chi connectivity index (χ4n) is 4.02. The molecular weight excluding hydrogens is 242 g/mol. The van der Waals surface area contributed by atoms with Crippen LogP contribution in [-0.4, -0.2) is 23.5 Å². The quantitative estimate of drug-likeness (QED) is 0.799. The maximum Gasteiger partial charge on any atom is 0.307 e. The first-order valence-corrected chi connectivity index (χ1v) is 7.39. The number of carbonyl (C=O) groups is 2. The molecule has 0 unspecified atom stereocenters. The standard InChI is InChI=1S/C15H23NO3/c1-14(2)10(11(14)13(18)19)12(17)16-8-15(6-3-7-15)9-4-5-9/h9-11H,3-8H2,1-2H3,(H,16,17)(H,18,19)/t10-,11+/m1/s1. The predicted molar refractivity (Wildman–Crippen MR) is 70.4 cm³/mol. The average molecular weight is 265 g/mol. The molecule has 4 heteroatoms. The van der Waals surface area contributed by atoms with Crippen molar-refractivity contribution in [2.45, 2.75) is 46.0 Å². The molecule has 2 atom stereocenters. The second-order valence-corrected chi connectivity index (χ2v) is 7.32. The minimum atomic E-state index is -0.842. The SMILES string of the molecule is CC1(C)[C@H](C(=O)O)[C@@H]1C(=O)NCC1(C2CC2)CCC1. The molecule has 19 heavy (non-hydrogen) atoms. The van der Waals surface area contributed by atoms with Crippen LogP contribution in [0.25, 0.3) is 0 Å². The van der Waals surface area contributed by atoms with E-state index in [1.54, 1.807) is 0 Å². The summed E-state index contributed by atoms with van der Waals surface area (Å²) in [5.41, 5.74) is -0.0321. The summed E-state index contributed by atoms with van der Waals surface area (Å²) in [7, 11) is 0. The highest BCUT2D eigenvalue weighted by molar-refractivity contribution is 5.91. The van der Waals surface area contributed by atoms with Crippen LogP contribution in [0.5, 0.6) is 0 Å². The van der Waals surface area contributed by atoms with Crippen LogP contribution >= 0.6 is 0 Å². The molecule has 3 fully saturated rings. The van der Waals surface area contributed by atoms with Crippen molar-refractivity contribution in [2.24, 2.45) is 28.6 Å². The minimum Gasteiger partial charge on any atom is -0.481 e. The summed E-state index contributed by atoms with van der Waals surface area (Å²) in [5, 5.41) is 12.2. The lowest BCUT2D eigenvalue weighted by Gasteiger charge is -2.42. The van der Waals surface area contributed by atoms with Gasteiger partial charge in [-0.3, -0.25) is 9.59 Å². The second kappa shape index (κ2) is 3.97. The lowest BCUT2D eigenvalue weighted by Crippen LogP contribution is -2.44. The molecule has 0 aromatic heterocycles. The summed E-state index contributed by atoms with van der Waals surface area (Å²) in [5.74, 6) is -0.939. The van der Waals surface area contributed by atoms with Crippen molar-refractivity contribution in [3.63, 3.8) is 0 Å². The Bertz CT molecular complexity index is 421. The number of rotatable bonds is 5. The van der Waals surface area contributed by atoms with E-state index in [0.717, 1.165) is 12.5 Å². The zero-order valence-electron chi connectivity index (χ0n) is 11.7. The highest BCUT2D eigenvalue weighted by Crippen LogP contribution is 2.59. The van der Waals surface area contributed by atoms with Crippen LogP contribution in [0.4, 0.5) is 0 Å². The number of aliphatic carboxylic acids is 1. The number of carboxylic acid groups (broad SMARTS) is 1. The molecule has 0 aromatic rings. The Morgan fingerprint density at radius 3 is 2.21 bits per heavy atom. The van der Waals surface area contributed by atoms with Gasteiger partial charge in [-0.15, -0.1) is 0 Å². The number of hydrogen-bond acceptors (Lipinski definition) is 2. The molecule has 0 aliphatic heterocycles. The highest BCUT2D eigenvalue weighted by atomic mass is 16.4. The van der Waals surface area contributed by atoms with Crippen molar-refractivity contribution in [1.29, 1.82) is 0 Å². The van der Waals surface area contributed by atoms with Crippen LogP contribution in [0, 0.1) is 28.6 Å². The van der Waals surface area contributed by atoms with E-state index in [-0.39, 0.29) is 17.2 Å². The molecule has 106 valence electrons. The molecular formula is C15H23NO3. The summed E-state index contributed by atoms with van der Waals surface area (Å²) in [4.78, 5) is 23.3. The first-order valence-electron chi connectivity index (χ1n) is 7.39. The Labute approximate surface area is 113 Å². The molecule has 0 bridgehead atoms. The predicted octanol–water partition coefficient (Wildman–Crippen LogP) is 2.04. The van der Waals surface area contributed by atoms with Crippen molar-refractivity contribution < 1.29 is 14.7 Å². The zero-order valence-corrected chi connectivity index (χ0v) is 11.7. The van der Waals surface area contributed by atoms with Gasteiger partial charge in [0.25, 0.3) is 0 Å².